The summed E-state index contributed by atoms with van der Waals surface area (Å²) in [6.45, 7) is 8.34. The molecule has 0 aliphatic rings. The van der Waals surface area contributed by atoms with E-state index in [4.69, 9.17) is 4.42 Å². The van der Waals surface area contributed by atoms with Crippen molar-refractivity contribution in [3.05, 3.63) is 59.2 Å². The summed E-state index contributed by atoms with van der Waals surface area (Å²) in [5.41, 5.74) is 4.03. The molecule has 0 aliphatic carbocycles. The zero-order valence-corrected chi connectivity index (χ0v) is 16.8. The van der Waals surface area contributed by atoms with Gasteiger partial charge in [-0.2, -0.15) is 0 Å². The molecule has 0 saturated heterocycles. The number of benzene rings is 2. The fraction of sp³-hybridized carbons (Fsp3) is 0.286. The topological polar surface area (TPSA) is 68.0 Å². The highest BCUT2D eigenvalue weighted by atomic mass is 32.2. The first-order valence-electron chi connectivity index (χ1n) is 8.87. The van der Waals surface area contributed by atoms with E-state index in [2.05, 4.69) is 35.4 Å². The number of hydrogen-bond acceptors (Lipinski definition) is 5. The van der Waals surface area contributed by atoms with E-state index in [0.29, 0.717) is 11.1 Å². The van der Waals surface area contributed by atoms with E-state index < -0.39 is 0 Å². The minimum absolute atomic E-state index is 0.113. The van der Waals surface area contributed by atoms with Crippen LogP contribution in [0.25, 0.3) is 11.5 Å². The van der Waals surface area contributed by atoms with Crippen LogP contribution in [0.5, 0.6) is 0 Å². The van der Waals surface area contributed by atoms with Crippen LogP contribution in [-0.4, -0.2) is 21.4 Å². The molecule has 0 aliphatic heterocycles. The molecule has 0 fully saturated rings. The lowest BCUT2D eigenvalue weighted by Gasteiger charge is -2.06. The minimum atomic E-state index is -0.185. The summed E-state index contributed by atoms with van der Waals surface area (Å²) in [4.78, 5) is 13.5. The summed E-state index contributed by atoms with van der Waals surface area (Å²) in [6, 6.07) is 14.1. The number of carbonyl (C=O) groups excluding carboxylic acids is 1. The molecular weight excluding hydrogens is 358 g/mol. The molecule has 1 amide bonds. The molecule has 2 aromatic carbocycles. The van der Waals surface area contributed by atoms with E-state index in [1.807, 2.05) is 50.2 Å². The number of anilines is 1. The van der Waals surface area contributed by atoms with Crippen molar-refractivity contribution in [2.75, 3.05) is 5.32 Å². The Balaban J connectivity index is 1.62. The molecule has 6 heteroatoms. The van der Waals surface area contributed by atoms with Crippen molar-refractivity contribution in [1.29, 1.82) is 0 Å². The third-order valence-corrected chi connectivity index (χ3v) is 4.96. The molecule has 0 saturated carbocycles. The summed E-state index contributed by atoms with van der Waals surface area (Å²) >= 11 is 1.80. The first-order valence-corrected chi connectivity index (χ1v) is 9.75. The van der Waals surface area contributed by atoms with Crippen LogP contribution in [0.2, 0.25) is 0 Å². The smallest absolute Gasteiger partial charge is 0.322 e. The molecule has 27 heavy (non-hydrogen) atoms. The molecule has 5 nitrogen and oxygen atoms in total. The number of nitrogens with one attached hydrogen (secondary N) is 1. The van der Waals surface area contributed by atoms with Gasteiger partial charge in [0.2, 0.25) is 11.8 Å². The maximum Gasteiger partial charge on any atom is 0.322 e. The van der Waals surface area contributed by atoms with Crippen LogP contribution in [0.3, 0.4) is 0 Å². The molecule has 1 aromatic heterocycles. The van der Waals surface area contributed by atoms with Crippen molar-refractivity contribution >= 4 is 23.7 Å². The second kappa shape index (κ2) is 8.39. The SMILES string of the molecule is Cc1ccc(-c2nnc(NC(=O)Cc3ccc(SC(C)C)cc3)o2)c(C)c1. The highest BCUT2D eigenvalue weighted by Gasteiger charge is 2.13. The maximum absolute atomic E-state index is 12.3. The number of aromatic nitrogens is 2. The molecule has 0 spiro atoms. The molecule has 140 valence electrons. The number of thioether (sulfide) groups is 1. The highest BCUT2D eigenvalue weighted by Crippen LogP contribution is 2.25. The number of aryl methyl sites for hydroxylation is 2. The molecule has 1 N–H and O–H groups in total. The number of amides is 1. The summed E-state index contributed by atoms with van der Waals surface area (Å²) in [6.07, 6.45) is 0.258. The van der Waals surface area contributed by atoms with Gasteiger partial charge in [-0.25, -0.2) is 0 Å². The van der Waals surface area contributed by atoms with Gasteiger partial charge in [0, 0.05) is 15.7 Å². The Morgan fingerprint density at radius 1 is 1.11 bits per heavy atom. The van der Waals surface area contributed by atoms with E-state index in [-0.39, 0.29) is 18.3 Å². The Bertz CT molecular complexity index is 933. The van der Waals surface area contributed by atoms with Crippen LogP contribution >= 0.6 is 11.8 Å². The van der Waals surface area contributed by atoms with Gasteiger partial charge in [-0.05, 0) is 43.2 Å². The molecule has 1 heterocycles. The fourth-order valence-electron chi connectivity index (χ4n) is 2.74. The van der Waals surface area contributed by atoms with E-state index in [1.165, 1.54) is 10.5 Å². The van der Waals surface area contributed by atoms with Gasteiger partial charge in [-0.1, -0.05) is 48.8 Å². The maximum atomic E-state index is 12.3. The van der Waals surface area contributed by atoms with E-state index in [1.54, 1.807) is 11.8 Å². The van der Waals surface area contributed by atoms with Gasteiger partial charge < -0.3 is 4.42 Å². The van der Waals surface area contributed by atoms with Crippen molar-refractivity contribution in [3.8, 4) is 11.5 Å². The quantitative estimate of drug-likeness (QED) is 0.606. The van der Waals surface area contributed by atoms with Crippen LogP contribution in [0.15, 0.2) is 51.8 Å². The highest BCUT2D eigenvalue weighted by molar-refractivity contribution is 7.99. The monoisotopic (exact) mass is 381 g/mol. The van der Waals surface area contributed by atoms with E-state index in [9.17, 15) is 4.79 Å². The van der Waals surface area contributed by atoms with Crippen LogP contribution in [-0.2, 0) is 11.2 Å². The summed E-state index contributed by atoms with van der Waals surface area (Å²) in [5, 5.41) is 11.2. The van der Waals surface area contributed by atoms with Gasteiger partial charge in [0.05, 0.1) is 6.42 Å². The molecule has 0 atom stereocenters. The predicted molar refractivity (Wildman–Crippen MR) is 109 cm³/mol. The molecule has 0 bridgehead atoms. The zero-order chi connectivity index (χ0) is 19.4. The Hall–Kier alpha value is -2.60. The van der Waals surface area contributed by atoms with E-state index >= 15 is 0 Å². The number of hydrogen-bond donors (Lipinski definition) is 1. The zero-order valence-electron chi connectivity index (χ0n) is 15.9. The first-order chi connectivity index (χ1) is 12.9. The van der Waals surface area contributed by atoms with Crippen molar-refractivity contribution < 1.29 is 9.21 Å². The van der Waals surface area contributed by atoms with Gasteiger partial charge in [0.1, 0.15) is 0 Å². The Morgan fingerprint density at radius 2 is 1.85 bits per heavy atom. The van der Waals surface area contributed by atoms with Crippen LogP contribution in [0.1, 0.15) is 30.5 Å². The molecule has 3 rings (SSSR count). The summed E-state index contributed by atoms with van der Waals surface area (Å²) in [7, 11) is 0. The largest absolute Gasteiger partial charge is 0.403 e. The molecule has 3 aromatic rings. The van der Waals surface area contributed by atoms with Crippen molar-refractivity contribution in [3.63, 3.8) is 0 Å². The molecule has 0 unspecified atom stereocenters. The summed E-state index contributed by atoms with van der Waals surface area (Å²) < 4.78 is 5.60. The van der Waals surface area contributed by atoms with Crippen molar-refractivity contribution in [2.45, 2.75) is 44.3 Å². The van der Waals surface area contributed by atoms with Crippen molar-refractivity contribution in [2.24, 2.45) is 0 Å². The lowest BCUT2D eigenvalue weighted by atomic mass is 10.1. The Morgan fingerprint density at radius 3 is 2.52 bits per heavy atom. The fourth-order valence-corrected chi connectivity index (χ4v) is 3.58. The molecular formula is C21H23N3O2S. The predicted octanol–water partition coefficient (Wildman–Crippen LogP) is 5.04. The lowest BCUT2D eigenvalue weighted by Crippen LogP contribution is -2.14. The van der Waals surface area contributed by atoms with Crippen LogP contribution in [0.4, 0.5) is 6.01 Å². The number of nitrogens with zero attached hydrogens (tertiary/aromatic N) is 2. The number of carbonyl (C=O) groups is 1. The normalized spacial score (nSPS) is 11.0. The van der Waals surface area contributed by atoms with Crippen molar-refractivity contribution in [1.82, 2.24) is 10.2 Å². The Kier molecular flexibility index (Phi) is 5.96. The minimum Gasteiger partial charge on any atom is -0.403 e. The van der Waals surface area contributed by atoms with E-state index in [0.717, 1.165) is 16.7 Å². The van der Waals surface area contributed by atoms with Gasteiger partial charge in [0.25, 0.3) is 0 Å². The third kappa shape index (κ3) is 5.20. The summed E-state index contributed by atoms with van der Waals surface area (Å²) in [5.74, 6) is 0.216. The second-order valence-electron chi connectivity index (χ2n) is 6.77. The average molecular weight is 382 g/mol. The van der Waals surface area contributed by atoms with Gasteiger partial charge in [0.15, 0.2) is 0 Å². The Labute approximate surface area is 163 Å². The van der Waals surface area contributed by atoms with Crippen LogP contribution in [0, 0.1) is 13.8 Å². The van der Waals surface area contributed by atoms with Gasteiger partial charge in [-0.3, -0.25) is 10.1 Å². The van der Waals surface area contributed by atoms with Gasteiger partial charge in [-0.15, -0.1) is 16.9 Å². The number of rotatable bonds is 6. The first kappa shape index (κ1) is 19.2. The molecule has 0 radical (unpaired) electrons. The van der Waals surface area contributed by atoms with Gasteiger partial charge >= 0.3 is 6.01 Å². The second-order valence-corrected chi connectivity index (χ2v) is 8.42. The average Bonchev–Trinajstić information content (AvgIpc) is 3.04. The van der Waals surface area contributed by atoms with Crippen LogP contribution < -0.4 is 5.32 Å². The third-order valence-electron chi connectivity index (χ3n) is 3.94. The standard InChI is InChI=1S/C21H23N3O2S/c1-13(2)27-17-8-6-16(7-9-17)12-19(25)22-21-24-23-20(26-21)18-10-5-14(3)11-15(18)4/h5-11,13H,12H2,1-4H3,(H,22,24,25). The lowest BCUT2D eigenvalue weighted by molar-refractivity contribution is -0.115.